The second-order valence-electron chi connectivity index (χ2n) is 6.56. The summed E-state index contributed by atoms with van der Waals surface area (Å²) in [6, 6.07) is 20.2. The van der Waals surface area contributed by atoms with Gasteiger partial charge in [0.25, 0.3) is 5.91 Å². The third kappa shape index (κ3) is 4.70. The van der Waals surface area contributed by atoms with Gasteiger partial charge in [-0.05, 0) is 48.0 Å². The molecule has 0 aliphatic rings. The lowest BCUT2D eigenvalue weighted by atomic mass is 10.2. The van der Waals surface area contributed by atoms with Crippen molar-refractivity contribution >= 4 is 11.6 Å². The number of anilines is 1. The van der Waals surface area contributed by atoms with E-state index in [9.17, 15) is 4.79 Å². The maximum atomic E-state index is 12.5. The largest absolute Gasteiger partial charge is 0.493 e. The first-order valence-corrected chi connectivity index (χ1v) is 9.43. The first kappa shape index (κ1) is 19.3. The second-order valence-corrected chi connectivity index (χ2v) is 6.56. The Kier molecular flexibility index (Phi) is 5.80. The first-order valence-electron chi connectivity index (χ1n) is 9.43. The molecule has 2 aromatic heterocycles. The molecule has 0 fully saturated rings. The molecule has 1 amide bonds. The number of hydrogen-bond acceptors (Lipinski definition) is 5. The number of nitrogens with zero attached hydrogens (tertiary/aromatic N) is 2. The number of carbonyl (C=O) groups excluding carboxylic acids is 1. The van der Waals surface area contributed by atoms with Gasteiger partial charge in [0.2, 0.25) is 0 Å². The smallest absolute Gasteiger partial charge is 0.291 e. The molecule has 0 radical (unpaired) electrons. The van der Waals surface area contributed by atoms with Crippen molar-refractivity contribution < 1.29 is 18.7 Å². The zero-order valence-corrected chi connectivity index (χ0v) is 16.4. The summed E-state index contributed by atoms with van der Waals surface area (Å²) in [7, 11) is 1.58. The molecule has 2 aromatic carbocycles. The Morgan fingerprint density at radius 2 is 1.93 bits per heavy atom. The molecule has 0 atom stereocenters. The minimum atomic E-state index is -0.324. The molecule has 0 aliphatic carbocycles. The van der Waals surface area contributed by atoms with E-state index in [1.54, 1.807) is 25.4 Å². The van der Waals surface area contributed by atoms with Crippen LogP contribution in [0.5, 0.6) is 11.5 Å². The number of amides is 1. The monoisotopic (exact) mass is 403 g/mol. The van der Waals surface area contributed by atoms with Crippen LogP contribution in [0.1, 0.15) is 21.9 Å². The first-order chi connectivity index (χ1) is 14.7. The van der Waals surface area contributed by atoms with E-state index in [-0.39, 0.29) is 18.3 Å². The standard InChI is InChI=1S/C23H21N3O4/c1-28-20-8-2-3-9-21(20)29-16-19-10-11-22(30-19)23(27)25-18-7-4-6-17(14-18)15-26-13-5-12-24-26/h2-14H,15-16H2,1H3,(H,25,27). The molecule has 7 heteroatoms. The van der Waals surface area contributed by atoms with E-state index < -0.39 is 0 Å². The van der Waals surface area contributed by atoms with E-state index in [2.05, 4.69) is 10.4 Å². The molecular formula is C23H21N3O4. The number of methoxy groups -OCH3 is 1. The molecule has 4 aromatic rings. The van der Waals surface area contributed by atoms with Gasteiger partial charge in [-0.15, -0.1) is 0 Å². The van der Waals surface area contributed by atoms with Gasteiger partial charge in [-0.25, -0.2) is 0 Å². The van der Waals surface area contributed by atoms with Crippen molar-refractivity contribution in [2.24, 2.45) is 0 Å². The number of carbonyl (C=O) groups is 1. The highest BCUT2D eigenvalue weighted by Gasteiger charge is 2.13. The molecular weight excluding hydrogens is 382 g/mol. The lowest BCUT2D eigenvalue weighted by molar-refractivity contribution is 0.0992. The average molecular weight is 403 g/mol. The van der Waals surface area contributed by atoms with E-state index in [1.165, 1.54) is 0 Å². The minimum Gasteiger partial charge on any atom is -0.493 e. The van der Waals surface area contributed by atoms with Crippen molar-refractivity contribution in [2.75, 3.05) is 12.4 Å². The van der Waals surface area contributed by atoms with Gasteiger partial charge in [0.1, 0.15) is 12.4 Å². The molecule has 0 saturated carbocycles. The Labute approximate surface area is 173 Å². The SMILES string of the molecule is COc1ccccc1OCc1ccc(C(=O)Nc2cccc(Cn3cccn3)c2)o1. The second kappa shape index (κ2) is 9.00. The lowest BCUT2D eigenvalue weighted by Crippen LogP contribution is -2.11. The van der Waals surface area contributed by atoms with Crippen molar-refractivity contribution in [3.63, 3.8) is 0 Å². The van der Waals surface area contributed by atoms with Crippen LogP contribution >= 0.6 is 0 Å². The Balaban J connectivity index is 1.37. The predicted molar refractivity (Wildman–Crippen MR) is 112 cm³/mol. The highest BCUT2D eigenvalue weighted by Crippen LogP contribution is 2.27. The fourth-order valence-electron chi connectivity index (χ4n) is 2.99. The van der Waals surface area contributed by atoms with Crippen molar-refractivity contribution in [2.45, 2.75) is 13.2 Å². The number of furan rings is 1. The van der Waals surface area contributed by atoms with E-state index in [1.807, 2.05) is 65.5 Å². The molecule has 0 aliphatic heterocycles. The Morgan fingerprint density at radius 1 is 1.07 bits per heavy atom. The molecule has 0 saturated heterocycles. The van der Waals surface area contributed by atoms with Crippen molar-refractivity contribution in [3.8, 4) is 11.5 Å². The van der Waals surface area contributed by atoms with Gasteiger partial charge in [0.05, 0.1) is 13.7 Å². The number of ether oxygens (including phenoxy) is 2. The molecule has 4 rings (SSSR count). The summed E-state index contributed by atoms with van der Waals surface area (Å²) in [6.45, 7) is 0.814. The predicted octanol–water partition coefficient (Wildman–Crippen LogP) is 4.36. The van der Waals surface area contributed by atoms with Crippen LogP contribution in [0.3, 0.4) is 0 Å². The maximum absolute atomic E-state index is 12.5. The van der Waals surface area contributed by atoms with Crippen molar-refractivity contribution in [1.82, 2.24) is 9.78 Å². The lowest BCUT2D eigenvalue weighted by Gasteiger charge is -2.09. The fraction of sp³-hybridized carbons (Fsp3) is 0.130. The van der Waals surface area contributed by atoms with E-state index >= 15 is 0 Å². The van der Waals surface area contributed by atoms with Gasteiger partial charge in [-0.3, -0.25) is 9.48 Å². The van der Waals surface area contributed by atoms with Crippen LogP contribution in [0.2, 0.25) is 0 Å². The third-order valence-electron chi connectivity index (χ3n) is 4.41. The molecule has 7 nitrogen and oxygen atoms in total. The summed E-state index contributed by atoms with van der Waals surface area (Å²) >= 11 is 0. The molecule has 2 heterocycles. The summed E-state index contributed by atoms with van der Waals surface area (Å²) in [5.41, 5.74) is 1.72. The summed E-state index contributed by atoms with van der Waals surface area (Å²) in [4.78, 5) is 12.5. The van der Waals surface area contributed by atoms with Crippen LogP contribution in [0.4, 0.5) is 5.69 Å². The topological polar surface area (TPSA) is 78.5 Å². The van der Waals surface area contributed by atoms with Gasteiger partial charge in [-0.2, -0.15) is 5.10 Å². The van der Waals surface area contributed by atoms with Gasteiger partial charge in [0.15, 0.2) is 17.3 Å². The quantitative estimate of drug-likeness (QED) is 0.473. The highest BCUT2D eigenvalue weighted by molar-refractivity contribution is 6.02. The van der Waals surface area contributed by atoms with Crippen LogP contribution in [0.15, 0.2) is 83.5 Å². The number of aromatic nitrogens is 2. The van der Waals surface area contributed by atoms with Crippen LogP contribution < -0.4 is 14.8 Å². The number of rotatable bonds is 8. The van der Waals surface area contributed by atoms with E-state index in [0.717, 1.165) is 5.56 Å². The van der Waals surface area contributed by atoms with Crippen molar-refractivity contribution in [1.29, 1.82) is 0 Å². The van der Waals surface area contributed by atoms with Gasteiger partial charge in [-0.1, -0.05) is 24.3 Å². The fourth-order valence-corrected chi connectivity index (χ4v) is 2.99. The maximum Gasteiger partial charge on any atom is 0.291 e. The number of nitrogens with one attached hydrogen (secondary N) is 1. The number of hydrogen-bond donors (Lipinski definition) is 1. The summed E-state index contributed by atoms with van der Waals surface area (Å²) in [5, 5.41) is 7.06. The summed E-state index contributed by atoms with van der Waals surface area (Å²) in [5.74, 6) is 1.67. The zero-order valence-electron chi connectivity index (χ0n) is 16.4. The van der Waals surface area contributed by atoms with Crippen LogP contribution in [-0.4, -0.2) is 22.8 Å². The number of benzene rings is 2. The molecule has 30 heavy (non-hydrogen) atoms. The van der Waals surface area contributed by atoms with Crippen LogP contribution in [0, 0.1) is 0 Å². The number of para-hydroxylation sites is 2. The molecule has 1 N–H and O–H groups in total. The summed E-state index contributed by atoms with van der Waals surface area (Å²) < 4.78 is 18.5. The van der Waals surface area contributed by atoms with Crippen molar-refractivity contribution in [3.05, 3.63) is 96.2 Å². The van der Waals surface area contributed by atoms with E-state index in [0.29, 0.717) is 29.5 Å². The average Bonchev–Trinajstić information content (AvgIpc) is 3.45. The molecule has 0 unspecified atom stereocenters. The van der Waals surface area contributed by atoms with Gasteiger partial charge in [0, 0.05) is 18.1 Å². The minimum absolute atomic E-state index is 0.188. The Morgan fingerprint density at radius 3 is 2.73 bits per heavy atom. The molecule has 0 bridgehead atoms. The Hall–Kier alpha value is -4.00. The zero-order chi connectivity index (χ0) is 20.8. The Bertz CT molecular complexity index is 1120. The summed E-state index contributed by atoms with van der Waals surface area (Å²) in [6.07, 6.45) is 3.63. The third-order valence-corrected chi connectivity index (χ3v) is 4.41. The van der Waals surface area contributed by atoms with E-state index in [4.69, 9.17) is 13.9 Å². The normalized spacial score (nSPS) is 10.6. The highest BCUT2D eigenvalue weighted by atomic mass is 16.5. The van der Waals surface area contributed by atoms with Crippen LogP contribution in [-0.2, 0) is 13.2 Å². The molecule has 152 valence electrons. The molecule has 0 spiro atoms. The van der Waals surface area contributed by atoms with Gasteiger partial charge >= 0.3 is 0 Å². The van der Waals surface area contributed by atoms with Crippen LogP contribution in [0.25, 0.3) is 0 Å². The van der Waals surface area contributed by atoms with Gasteiger partial charge < -0.3 is 19.2 Å².